The molecular formula is C25H30ClF3N6O2S. The number of hydrogen-bond donors (Lipinski definition) is 4. The number of carbonyl (C=O) groups is 2. The highest BCUT2D eigenvalue weighted by molar-refractivity contribution is 7.99. The van der Waals surface area contributed by atoms with E-state index >= 15 is 0 Å². The minimum atomic E-state index is -4.50. The van der Waals surface area contributed by atoms with Crippen LogP contribution in [-0.2, 0) is 6.18 Å². The Hall–Kier alpha value is -3.38. The van der Waals surface area contributed by atoms with Gasteiger partial charge >= 0.3 is 12.2 Å². The van der Waals surface area contributed by atoms with Crippen molar-refractivity contribution in [3.8, 4) is 0 Å². The van der Waals surface area contributed by atoms with Crippen molar-refractivity contribution in [2.45, 2.75) is 25.4 Å². The van der Waals surface area contributed by atoms with Crippen LogP contribution in [0.3, 0.4) is 0 Å². The Morgan fingerprint density at radius 1 is 1.08 bits per heavy atom. The predicted molar refractivity (Wildman–Crippen MR) is 148 cm³/mol. The Morgan fingerprint density at radius 2 is 1.76 bits per heavy atom. The van der Waals surface area contributed by atoms with Crippen LogP contribution in [0.5, 0.6) is 0 Å². The molecule has 1 aliphatic heterocycles. The summed E-state index contributed by atoms with van der Waals surface area (Å²) in [5, 5.41) is 3.44. The first-order valence-electron chi connectivity index (χ1n) is 11.5. The van der Waals surface area contributed by atoms with Crippen molar-refractivity contribution in [1.29, 1.82) is 0 Å². The zero-order valence-corrected chi connectivity index (χ0v) is 22.5. The number of urea groups is 1. The molecule has 0 unspecified atom stereocenters. The normalized spacial score (nSPS) is 12.9. The first-order chi connectivity index (χ1) is 18.0. The van der Waals surface area contributed by atoms with Gasteiger partial charge in [-0.2, -0.15) is 13.2 Å². The maximum Gasteiger partial charge on any atom is 0.433 e. The summed E-state index contributed by atoms with van der Waals surface area (Å²) in [6.07, 6.45) is 1.01. The molecule has 3 aromatic rings. The summed E-state index contributed by atoms with van der Waals surface area (Å²) in [6, 6.07) is 12.3. The van der Waals surface area contributed by atoms with Gasteiger partial charge in [0.2, 0.25) is 5.91 Å². The quantitative estimate of drug-likeness (QED) is 0.296. The predicted octanol–water partition coefficient (Wildman–Crippen LogP) is 5.78. The molecule has 0 bridgehead atoms. The summed E-state index contributed by atoms with van der Waals surface area (Å²) < 4.78 is 40.3. The van der Waals surface area contributed by atoms with Gasteiger partial charge in [-0.05, 0) is 61.7 Å². The van der Waals surface area contributed by atoms with Crippen LogP contribution in [0.4, 0.5) is 29.3 Å². The van der Waals surface area contributed by atoms with E-state index in [-0.39, 0.29) is 17.2 Å². The molecule has 38 heavy (non-hydrogen) atoms. The molecule has 3 amide bonds. The minimum Gasteiger partial charge on any atom is -0.398 e. The zero-order chi connectivity index (χ0) is 28.3. The molecule has 13 heteroatoms. The van der Waals surface area contributed by atoms with E-state index in [0.29, 0.717) is 16.0 Å². The number of alkyl halides is 3. The second-order valence-electron chi connectivity index (χ2n) is 8.11. The average molecular weight is 571 g/mol. The maximum absolute atomic E-state index is 12.4. The van der Waals surface area contributed by atoms with E-state index in [2.05, 4.69) is 15.0 Å². The number of benzene rings is 2. The lowest BCUT2D eigenvalue weighted by Crippen LogP contribution is -2.41. The summed E-state index contributed by atoms with van der Waals surface area (Å²) >= 11 is 7.19. The number of nitrogen functional groups attached to an aromatic ring is 1. The number of likely N-dealkylation sites (tertiary alicyclic amines) is 1. The van der Waals surface area contributed by atoms with Gasteiger partial charge in [0.25, 0.3) is 0 Å². The van der Waals surface area contributed by atoms with Gasteiger partial charge in [0.05, 0.1) is 5.52 Å². The molecule has 2 heterocycles. The van der Waals surface area contributed by atoms with Crippen LogP contribution in [0.25, 0.3) is 10.9 Å². The van der Waals surface area contributed by atoms with Gasteiger partial charge < -0.3 is 26.4 Å². The van der Waals surface area contributed by atoms with Crippen LogP contribution < -0.4 is 21.5 Å². The molecule has 0 spiro atoms. The van der Waals surface area contributed by atoms with E-state index in [1.54, 1.807) is 25.2 Å². The van der Waals surface area contributed by atoms with Crippen molar-refractivity contribution < 1.29 is 22.8 Å². The number of nitrogens with two attached hydrogens (primary N) is 2. The molecule has 6 N–H and O–H groups in total. The lowest BCUT2D eigenvalue weighted by molar-refractivity contribution is -0.140. The molecule has 1 saturated heterocycles. The molecule has 1 fully saturated rings. The number of carbonyl (C=O) groups excluding carboxylic acids is 2. The van der Waals surface area contributed by atoms with Crippen LogP contribution in [0, 0.1) is 0 Å². The number of primary amides is 1. The second-order valence-corrected chi connectivity index (χ2v) is 9.16. The number of hydrogen-bond acceptors (Lipinski definition) is 6. The molecule has 2 aromatic carbocycles. The third-order valence-corrected chi connectivity index (χ3v) is 5.99. The lowest BCUT2D eigenvalue weighted by Gasteiger charge is -2.25. The topological polar surface area (TPSA) is 126 Å². The number of aromatic nitrogens is 1. The average Bonchev–Trinajstić information content (AvgIpc) is 2.89. The van der Waals surface area contributed by atoms with Gasteiger partial charge in [-0.25, -0.2) is 9.78 Å². The summed E-state index contributed by atoms with van der Waals surface area (Å²) in [7, 11) is 1.68. The first kappa shape index (κ1) is 30.8. The van der Waals surface area contributed by atoms with Crippen molar-refractivity contribution in [2.75, 3.05) is 36.8 Å². The minimum absolute atomic E-state index is 0.0137. The molecule has 0 saturated carbocycles. The van der Waals surface area contributed by atoms with E-state index in [9.17, 15) is 22.8 Å². The third-order valence-electron chi connectivity index (χ3n) is 5.32. The SMILES string of the molecule is CNC(=O)N1CCCCC1.CSNc1cccc(C(N)=O)c1.Nc1cc(C(F)(F)F)nc2ccc(Cl)cc12. The molecule has 0 aliphatic carbocycles. The number of halogens is 4. The van der Waals surface area contributed by atoms with Gasteiger partial charge in [-0.3, -0.25) is 4.79 Å². The highest BCUT2D eigenvalue weighted by Gasteiger charge is 2.33. The van der Waals surface area contributed by atoms with E-state index in [4.69, 9.17) is 23.1 Å². The molecule has 1 aromatic heterocycles. The van der Waals surface area contributed by atoms with E-state index < -0.39 is 17.8 Å². The number of amides is 3. The Labute approximate surface area is 228 Å². The molecule has 8 nitrogen and oxygen atoms in total. The monoisotopic (exact) mass is 570 g/mol. The van der Waals surface area contributed by atoms with Crippen LogP contribution in [0.1, 0.15) is 35.3 Å². The van der Waals surface area contributed by atoms with E-state index in [1.165, 1.54) is 36.6 Å². The lowest BCUT2D eigenvalue weighted by atomic mass is 10.1. The highest BCUT2D eigenvalue weighted by atomic mass is 35.5. The molecule has 4 rings (SSSR count). The second kappa shape index (κ2) is 14.5. The van der Waals surface area contributed by atoms with Crippen molar-refractivity contribution >= 4 is 57.8 Å². The Kier molecular flexibility index (Phi) is 11.8. The fourth-order valence-corrected chi connectivity index (χ4v) is 4.01. The van der Waals surface area contributed by atoms with Gasteiger partial charge in [0, 0.05) is 53.7 Å². The highest BCUT2D eigenvalue weighted by Crippen LogP contribution is 2.32. The summed E-state index contributed by atoms with van der Waals surface area (Å²) in [5.41, 5.74) is 11.2. The molecule has 0 atom stereocenters. The van der Waals surface area contributed by atoms with Crippen LogP contribution in [0.2, 0.25) is 5.02 Å². The van der Waals surface area contributed by atoms with Crippen LogP contribution in [-0.4, -0.2) is 48.2 Å². The summed E-state index contributed by atoms with van der Waals surface area (Å²) in [4.78, 5) is 27.1. The Balaban J connectivity index is 0.000000207. The van der Waals surface area contributed by atoms with Crippen molar-refractivity contribution in [1.82, 2.24) is 15.2 Å². The summed E-state index contributed by atoms with van der Waals surface area (Å²) in [5.74, 6) is -0.403. The van der Waals surface area contributed by atoms with Crippen molar-refractivity contribution in [3.63, 3.8) is 0 Å². The third kappa shape index (κ3) is 9.49. The number of nitrogens with one attached hydrogen (secondary N) is 2. The van der Waals surface area contributed by atoms with Crippen molar-refractivity contribution in [3.05, 3.63) is 64.8 Å². The first-order valence-corrected chi connectivity index (χ1v) is 13.1. The molecule has 0 radical (unpaired) electrons. The number of pyridine rings is 1. The van der Waals surface area contributed by atoms with Crippen molar-refractivity contribution in [2.24, 2.45) is 5.73 Å². The Morgan fingerprint density at radius 3 is 2.34 bits per heavy atom. The van der Waals surface area contributed by atoms with Crippen LogP contribution in [0.15, 0.2) is 48.5 Å². The Bertz CT molecular complexity index is 1240. The molecule has 1 aliphatic rings. The smallest absolute Gasteiger partial charge is 0.398 e. The van der Waals surface area contributed by atoms with Gasteiger partial charge in [-0.1, -0.05) is 29.6 Å². The fourth-order valence-electron chi connectivity index (χ4n) is 3.48. The number of nitrogens with zero attached hydrogens (tertiary/aromatic N) is 2. The fraction of sp³-hybridized carbons (Fsp3) is 0.320. The number of fused-ring (bicyclic) bond motifs is 1. The zero-order valence-electron chi connectivity index (χ0n) is 20.9. The standard InChI is InChI=1S/C10H6ClF3N2.C8H10N2OS.C7H14N2O/c11-5-1-2-8-6(3-5)7(15)4-9(16-8)10(12,13)14;1-12-10-7-4-2-3-6(5-7)8(9)11;1-8-7(10)9-5-3-2-4-6-9/h1-4H,(H2,15,16);2-5,10H,1H3,(H2,9,11);2-6H2,1H3,(H,8,10). The van der Waals surface area contributed by atoms with E-state index in [0.717, 1.165) is 37.7 Å². The number of rotatable bonds is 3. The summed E-state index contributed by atoms with van der Waals surface area (Å²) in [6.45, 7) is 1.86. The molecular weight excluding hydrogens is 541 g/mol. The van der Waals surface area contributed by atoms with Gasteiger partial charge in [0.1, 0.15) is 5.69 Å². The van der Waals surface area contributed by atoms with Gasteiger partial charge in [0.15, 0.2) is 0 Å². The van der Waals surface area contributed by atoms with Gasteiger partial charge in [-0.15, -0.1) is 0 Å². The number of anilines is 2. The van der Waals surface area contributed by atoms with Crippen LogP contribution >= 0.6 is 23.5 Å². The largest absolute Gasteiger partial charge is 0.433 e. The van der Waals surface area contributed by atoms with E-state index in [1.807, 2.05) is 17.2 Å². The maximum atomic E-state index is 12.4. The number of piperidine rings is 1. The molecule has 206 valence electrons.